The summed E-state index contributed by atoms with van der Waals surface area (Å²) in [6, 6.07) is 6.53. The molecule has 1 aliphatic carbocycles. The Morgan fingerprint density at radius 1 is 1.09 bits per heavy atom. The molecule has 2 aromatic rings. The molecule has 1 saturated heterocycles. The predicted molar refractivity (Wildman–Crippen MR) is 87.0 cm³/mol. The van der Waals surface area contributed by atoms with Crippen LogP contribution in [0, 0.1) is 11.7 Å². The minimum absolute atomic E-state index is 0.0656. The Labute approximate surface area is 137 Å². The summed E-state index contributed by atoms with van der Waals surface area (Å²) < 4.78 is 14.6. The van der Waals surface area contributed by atoms with Gasteiger partial charge in [-0.25, -0.2) is 4.39 Å². The third-order valence-corrected chi connectivity index (χ3v) is 5.61. The van der Waals surface area contributed by atoms with Gasteiger partial charge < -0.3 is 9.80 Å². The number of hydrogen-bond donors (Lipinski definition) is 0. The van der Waals surface area contributed by atoms with Crippen LogP contribution in [0.25, 0.3) is 10.1 Å². The maximum absolute atomic E-state index is 13.8. The lowest BCUT2D eigenvalue weighted by Gasteiger charge is -2.34. The van der Waals surface area contributed by atoms with Crippen molar-refractivity contribution in [2.45, 2.75) is 12.8 Å². The van der Waals surface area contributed by atoms with Crippen LogP contribution in [0.4, 0.5) is 4.39 Å². The van der Waals surface area contributed by atoms with E-state index in [0.717, 1.165) is 17.5 Å². The maximum Gasteiger partial charge on any atom is 0.264 e. The third kappa shape index (κ3) is 2.72. The number of rotatable bonds is 2. The molecule has 2 fully saturated rings. The van der Waals surface area contributed by atoms with E-state index >= 15 is 0 Å². The fraction of sp³-hybridized carbons (Fsp3) is 0.412. The zero-order valence-corrected chi connectivity index (χ0v) is 13.4. The molecule has 0 bridgehead atoms. The van der Waals surface area contributed by atoms with Gasteiger partial charge in [0.15, 0.2) is 0 Å². The summed E-state index contributed by atoms with van der Waals surface area (Å²) >= 11 is 1.32. The highest BCUT2D eigenvalue weighted by Crippen LogP contribution is 2.32. The first kappa shape index (κ1) is 14.6. The lowest BCUT2D eigenvalue weighted by Crippen LogP contribution is -2.50. The first-order chi connectivity index (χ1) is 11.1. The average Bonchev–Trinajstić information content (AvgIpc) is 3.33. The number of amides is 2. The second kappa shape index (κ2) is 5.60. The van der Waals surface area contributed by atoms with E-state index in [0.29, 0.717) is 36.4 Å². The maximum atomic E-state index is 13.8. The molecule has 2 aliphatic rings. The summed E-state index contributed by atoms with van der Waals surface area (Å²) in [4.78, 5) is 28.9. The molecule has 1 aromatic heterocycles. The second-order valence-corrected chi connectivity index (χ2v) is 7.24. The molecular weight excluding hydrogens is 315 g/mol. The predicted octanol–water partition coefficient (Wildman–Crippen LogP) is 2.73. The van der Waals surface area contributed by atoms with Crippen molar-refractivity contribution in [3.05, 3.63) is 35.0 Å². The van der Waals surface area contributed by atoms with E-state index in [1.54, 1.807) is 17.0 Å². The molecule has 2 heterocycles. The van der Waals surface area contributed by atoms with Crippen LogP contribution in [0.5, 0.6) is 0 Å². The normalized spacial score (nSPS) is 18.5. The molecule has 1 saturated carbocycles. The Morgan fingerprint density at radius 2 is 1.78 bits per heavy atom. The number of carbonyl (C=O) groups is 2. The molecule has 1 aliphatic heterocycles. The highest BCUT2D eigenvalue weighted by atomic mass is 32.1. The largest absolute Gasteiger partial charge is 0.339 e. The first-order valence-corrected chi connectivity index (χ1v) is 8.71. The van der Waals surface area contributed by atoms with E-state index in [9.17, 15) is 14.0 Å². The minimum Gasteiger partial charge on any atom is -0.339 e. The van der Waals surface area contributed by atoms with Gasteiger partial charge in [0.25, 0.3) is 5.91 Å². The number of piperazine rings is 1. The number of carbonyl (C=O) groups excluding carboxylic acids is 2. The third-order valence-electron chi connectivity index (χ3n) is 4.52. The van der Waals surface area contributed by atoms with Crippen LogP contribution in [-0.2, 0) is 4.79 Å². The Balaban J connectivity index is 1.46. The van der Waals surface area contributed by atoms with Gasteiger partial charge in [0.2, 0.25) is 5.91 Å². The topological polar surface area (TPSA) is 40.6 Å². The van der Waals surface area contributed by atoms with Crippen LogP contribution >= 0.6 is 11.3 Å². The van der Waals surface area contributed by atoms with Crippen molar-refractivity contribution in [3.63, 3.8) is 0 Å². The van der Waals surface area contributed by atoms with E-state index in [1.165, 1.54) is 17.4 Å². The molecule has 23 heavy (non-hydrogen) atoms. The molecule has 4 rings (SSSR count). The van der Waals surface area contributed by atoms with Crippen LogP contribution < -0.4 is 0 Å². The van der Waals surface area contributed by atoms with Gasteiger partial charge in [-0.2, -0.15) is 0 Å². The molecule has 0 unspecified atom stereocenters. The summed E-state index contributed by atoms with van der Waals surface area (Å²) in [6.07, 6.45) is 2.01. The molecule has 0 atom stereocenters. The van der Waals surface area contributed by atoms with Crippen molar-refractivity contribution in [1.82, 2.24) is 9.80 Å². The van der Waals surface area contributed by atoms with Gasteiger partial charge in [0.05, 0.1) is 4.88 Å². The smallest absolute Gasteiger partial charge is 0.264 e. The molecule has 1 aromatic carbocycles. The van der Waals surface area contributed by atoms with Gasteiger partial charge in [-0.3, -0.25) is 9.59 Å². The van der Waals surface area contributed by atoms with Crippen LogP contribution in [0.1, 0.15) is 22.5 Å². The van der Waals surface area contributed by atoms with E-state index in [4.69, 9.17) is 0 Å². The molecule has 0 N–H and O–H groups in total. The lowest BCUT2D eigenvalue weighted by atomic mass is 10.2. The summed E-state index contributed by atoms with van der Waals surface area (Å²) in [5.74, 6) is 0.102. The van der Waals surface area contributed by atoms with Gasteiger partial charge >= 0.3 is 0 Å². The zero-order chi connectivity index (χ0) is 16.0. The van der Waals surface area contributed by atoms with E-state index in [-0.39, 0.29) is 23.5 Å². The molecule has 2 amide bonds. The molecule has 0 radical (unpaired) electrons. The highest BCUT2D eigenvalue weighted by Gasteiger charge is 2.35. The van der Waals surface area contributed by atoms with Gasteiger partial charge in [-0.05, 0) is 31.0 Å². The van der Waals surface area contributed by atoms with Crippen molar-refractivity contribution in [1.29, 1.82) is 0 Å². The summed E-state index contributed by atoms with van der Waals surface area (Å²) in [5, 5.41) is 0.503. The second-order valence-electron chi connectivity index (χ2n) is 6.15. The van der Waals surface area contributed by atoms with Gasteiger partial charge in [-0.1, -0.05) is 6.07 Å². The monoisotopic (exact) mass is 332 g/mol. The quantitative estimate of drug-likeness (QED) is 0.848. The van der Waals surface area contributed by atoms with Crippen molar-refractivity contribution in [3.8, 4) is 0 Å². The number of fused-ring (bicyclic) bond motifs is 1. The summed E-state index contributed by atoms with van der Waals surface area (Å²) in [7, 11) is 0. The van der Waals surface area contributed by atoms with Crippen LogP contribution in [0.2, 0.25) is 0 Å². The Hall–Kier alpha value is -1.95. The Kier molecular flexibility index (Phi) is 3.56. The van der Waals surface area contributed by atoms with Gasteiger partial charge in [0.1, 0.15) is 5.82 Å². The molecule has 120 valence electrons. The van der Waals surface area contributed by atoms with Crippen molar-refractivity contribution >= 4 is 33.2 Å². The van der Waals surface area contributed by atoms with Crippen molar-refractivity contribution in [2.75, 3.05) is 26.2 Å². The minimum atomic E-state index is -0.294. The zero-order valence-electron chi connectivity index (χ0n) is 12.6. The first-order valence-electron chi connectivity index (χ1n) is 7.89. The van der Waals surface area contributed by atoms with Crippen molar-refractivity contribution in [2.24, 2.45) is 5.92 Å². The standard InChI is InChI=1S/C17H17FN2O2S/c18-13-2-1-3-14-12(13)10-15(23-14)17(22)20-8-6-19(7-9-20)16(21)11-4-5-11/h1-3,10-11H,4-9H2. The molecule has 6 heteroatoms. The Morgan fingerprint density at radius 3 is 2.43 bits per heavy atom. The fourth-order valence-corrected chi connectivity index (χ4v) is 4.05. The lowest BCUT2D eigenvalue weighted by molar-refractivity contribution is -0.134. The summed E-state index contributed by atoms with van der Waals surface area (Å²) in [6.45, 7) is 2.29. The SMILES string of the molecule is O=C(c1cc2c(F)cccc2s1)N1CCN(C(=O)C2CC2)CC1. The number of nitrogens with zero attached hydrogens (tertiary/aromatic N) is 2. The van der Waals surface area contributed by atoms with Gasteiger partial charge in [0, 0.05) is 42.2 Å². The van der Waals surface area contributed by atoms with E-state index in [1.807, 2.05) is 11.0 Å². The fourth-order valence-electron chi connectivity index (χ4n) is 3.00. The number of hydrogen-bond acceptors (Lipinski definition) is 3. The number of thiophene rings is 1. The molecule has 0 spiro atoms. The number of halogens is 1. The van der Waals surface area contributed by atoms with Crippen LogP contribution in [0.3, 0.4) is 0 Å². The highest BCUT2D eigenvalue weighted by molar-refractivity contribution is 7.20. The van der Waals surface area contributed by atoms with E-state index in [2.05, 4.69) is 0 Å². The molecular formula is C17H17FN2O2S. The van der Waals surface area contributed by atoms with Gasteiger partial charge in [-0.15, -0.1) is 11.3 Å². The van der Waals surface area contributed by atoms with E-state index < -0.39 is 0 Å². The van der Waals surface area contributed by atoms with Crippen molar-refractivity contribution < 1.29 is 14.0 Å². The Bertz CT molecular complexity index is 776. The number of benzene rings is 1. The molecule has 4 nitrogen and oxygen atoms in total. The van der Waals surface area contributed by atoms with Crippen LogP contribution in [-0.4, -0.2) is 47.8 Å². The van der Waals surface area contributed by atoms with Crippen LogP contribution in [0.15, 0.2) is 24.3 Å². The average molecular weight is 332 g/mol. The summed E-state index contributed by atoms with van der Waals surface area (Å²) in [5.41, 5.74) is 0.